The first-order chi connectivity index (χ1) is 13.4. The molecule has 0 saturated heterocycles. The van der Waals surface area contributed by atoms with Crippen molar-refractivity contribution in [2.75, 3.05) is 23.8 Å². The Kier molecular flexibility index (Phi) is 5.81. The highest BCUT2D eigenvalue weighted by atomic mass is 19.4. The lowest BCUT2D eigenvalue weighted by Gasteiger charge is -2.11. The van der Waals surface area contributed by atoms with Crippen LogP contribution in [0.5, 0.6) is 0 Å². The number of amides is 2. The van der Waals surface area contributed by atoms with Crippen molar-refractivity contribution < 1.29 is 27.8 Å². The van der Waals surface area contributed by atoms with E-state index in [1.807, 2.05) is 0 Å². The Morgan fingerprint density at radius 3 is 2.71 bits per heavy atom. The number of nitrogens with one attached hydrogen (secondary N) is 3. The number of aliphatic hydroxyl groups is 1. The average Bonchev–Trinajstić information content (AvgIpc) is 3.05. The van der Waals surface area contributed by atoms with E-state index in [1.54, 1.807) is 18.2 Å². The summed E-state index contributed by atoms with van der Waals surface area (Å²) in [5.74, 6) is 0.510. The summed E-state index contributed by atoms with van der Waals surface area (Å²) in [6, 6.07) is 8.72. The molecule has 28 heavy (non-hydrogen) atoms. The molecular weight excluding hydrogens is 377 g/mol. The molecule has 10 heteroatoms. The third-order valence-corrected chi connectivity index (χ3v) is 3.73. The van der Waals surface area contributed by atoms with Crippen molar-refractivity contribution >= 4 is 28.4 Å². The van der Waals surface area contributed by atoms with Gasteiger partial charge >= 0.3 is 12.2 Å². The first-order valence-corrected chi connectivity index (χ1v) is 8.28. The number of nitrogens with zero attached hydrogens (tertiary/aromatic N) is 1. The number of aliphatic hydroxyl groups excluding tert-OH is 1. The Hall–Kier alpha value is -3.11. The number of hydrogen-bond acceptors (Lipinski definition) is 4. The zero-order valence-corrected chi connectivity index (χ0v) is 14.5. The Bertz CT molecular complexity index is 972. The van der Waals surface area contributed by atoms with Gasteiger partial charge in [-0.05, 0) is 30.3 Å². The third-order valence-electron chi connectivity index (χ3n) is 3.73. The Morgan fingerprint density at radius 1 is 1.18 bits per heavy atom. The molecule has 0 radical (unpaired) electrons. The molecule has 4 N–H and O–H groups in total. The van der Waals surface area contributed by atoms with Gasteiger partial charge in [-0.2, -0.15) is 13.2 Å². The Morgan fingerprint density at radius 2 is 1.96 bits per heavy atom. The van der Waals surface area contributed by atoms with Crippen LogP contribution in [0.1, 0.15) is 11.4 Å². The van der Waals surface area contributed by atoms with E-state index in [-0.39, 0.29) is 25.5 Å². The zero-order chi connectivity index (χ0) is 20.1. The molecule has 2 amide bonds. The summed E-state index contributed by atoms with van der Waals surface area (Å²) < 4.78 is 43.5. The van der Waals surface area contributed by atoms with Gasteiger partial charge in [0.2, 0.25) is 0 Å². The van der Waals surface area contributed by atoms with Gasteiger partial charge in [0, 0.05) is 5.69 Å². The van der Waals surface area contributed by atoms with E-state index >= 15 is 0 Å². The number of halogens is 3. The molecule has 1 aromatic heterocycles. The van der Waals surface area contributed by atoms with Crippen molar-refractivity contribution in [3.8, 4) is 0 Å². The number of fused-ring (bicyclic) bond motifs is 1. The number of hydrogen-bond donors (Lipinski definition) is 4. The predicted octanol–water partition coefficient (Wildman–Crippen LogP) is 3.73. The van der Waals surface area contributed by atoms with Crippen LogP contribution in [0.3, 0.4) is 0 Å². The van der Waals surface area contributed by atoms with Crippen LogP contribution in [-0.2, 0) is 17.5 Å². The predicted molar refractivity (Wildman–Crippen MR) is 96.9 cm³/mol. The molecule has 0 spiro atoms. The molecule has 0 aliphatic carbocycles. The van der Waals surface area contributed by atoms with Gasteiger partial charge in [0.15, 0.2) is 0 Å². The Balaban J connectivity index is 1.72. The molecule has 3 rings (SSSR count). The van der Waals surface area contributed by atoms with E-state index in [1.165, 1.54) is 12.1 Å². The van der Waals surface area contributed by atoms with Gasteiger partial charge in [-0.3, -0.25) is 0 Å². The SMILES string of the molecule is O=C(Nc1cccc(C(F)(F)F)c1)Nc1cccc2[nH]c(COCCO)nc12. The molecule has 0 aliphatic heterocycles. The lowest BCUT2D eigenvalue weighted by atomic mass is 10.2. The van der Waals surface area contributed by atoms with Gasteiger partial charge in [-0.15, -0.1) is 0 Å². The summed E-state index contributed by atoms with van der Waals surface area (Å²) >= 11 is 0. The fraction of sp³-hybridized carbons (Fsp3) is 0.222. The molecule has 0 unspecified atom stereocenters. The summed E-state index contributed by atoms with van der Waals surface area (Å²) in [6.07, 6.45) is -4.50. The maximum Gasteiger partial charge on any atom is 0.416 e. The van der Waals surface area contributed by atoms with Crippen molar-refractivity contribution in [2.24, 2.45) is 0 Å². The van der Waals surface area contributed by atoms with Crippen molar-refractivity contribution in [3.63, 3.8) is 0 Å². The van der Waals surface area contributed by atoms with E-state index in [0.29, 0.717) is 22.5 Å². The van der Waals surface area contributed by atoms with Crippen LogP contribution in [-0.4, -0.2) is 34.3 Å². The molecule has 0 saturated carbocycles. The van der Waals surface area contributed by atoms with Gasteiger partial charge in [0.05, 0.1) is 30.0 Å². The topological polar surface area (TPSA) is 99.3 Å². The average molecular weight is 394 g/mol. The second-order valence-corrected chi connectivity index (χ2v) is 5.82. The summed E-state index contributed by atoms with van der Waals surface area (Å²) in [5.41, 5.74) is 0.669. The number of imidazole rings is 1. The summed E-state index contributed by atoms with van der Waals surface area (Å²) in [6.45, 7) is 0.218. The molecular formula is C18H17F3N4O3. The minimum Gasteiger partial charge on any atom is -0.394 e. The molecule has 0 atom stereocenters. The number of benzene rings is 2. The number of H-pyrrole nitrogens is 1. The fourth-order valence-electron chi connectivity index (χ4n) is 2.54. The van der Waals surface area contributed by atoms with Crippen LogP contribution in [0.25, 0.3) is 11.0 Å². The molecule has 1 heterocycles. The van der Waals surface area contributed by atoms with Gasteiger partial charge < -0.3 is 25.5 Å². The zero-order valence-electron chi connectivity index (χ0n) is 14.5. The standard InChI is InChI=1S/C18H17F3N4O3/c19-18(20,21)11-3-1-4-12(9-11)22-17(27)24-14-6-2-5-13-16(14)25-15(23-13)10-28-8-7-26/h1-6,9,26H,7-8,10H2,(H,23,25)(H2,22,24,27). The second kappa shape index (κ2) is 8.28. The number of alkyl halides is 3. The quantitative estimate of drug-likeness (QED) is 0.479. The number of para-hydroxylation sites is 1. The molecule has 7 nitrogen and oxygen atoms in total. The van der Waals surface area contributed by atoms with E-state index in [2.05, 4.69) is 20.6 Å². The van der Waals surface area contributed by atoms with E-state index in [0.717, 1.165) is 12.1 Å². The van der Waals surface area contributed by atoms with E-state index < -0.39 is 17.8 Å². The maximum atomic E-state index is 12.8. The molecule has 3 aromatic rings. The lowest BCUT2D eigenvalue weighted by molar-refractivity contribution is -0.137. The number of carbonyl (C=O) groups excluding carboxylic acids is 1. The van der Waals surface area contributed by atoms with Crippen molar-refractivity contribution in [2.45, 2.75) is 12.8 Å². The highest BCUT2D eigenvalue weighted by Crippen LogP contribution is 2.30. The van der Waals surface area contributed by atoms with Gasteiger partial charge in [0.1, 0.15) is 17.9 Å². The molecule has 148 valence electrons. The highest BCUT2D eigenvalue weighted by molar-refractivity contribution is 6.04. The molecule has 0 bridgehead atoms. The van der Waals surface area contributed by atoms with E-state index in [9.17, 15) is 18.0 Å². The summed E-state index contributed by atoms with van der Waals surface area (Å²) in [7, 11) is 0. The van der Waals surface area contributed by atoms with Crippen LogP contribution >= 0.6 is 0 Å². The molecule has 0 fully saturated rings. The van der Waals surface area contributed by atoms with Crippen LogP contribution in [0.15, 0.2) is 42.5 Å². The normalized spacial score (nSPS) is 11.6. The number of ether oxygens (including phenoxy) is 1. The summed E-state index contributed by atoms with van der Waals surface area (Å²) in [5, 5.41) is 13.7. The minimum absolute atomic E-state index is 0.0135. The monoisotopic (exact) mass is 394 g/mol. The largest absolute Gasteiger partial charge is 0.416 e. The van der Waals surface area contributed by atoms with Crippen LogP contribution in [0.4, 0.5) is 29.3 Å². The number of rotatable bonds is 6. The number of aromatic amines is 1. The van der Waals surface area contributed by atoms with Crippen molar-refractivity contribution in [1.29, 1.82) is 0 Å². The van der Waals surface area contributed by atoms with Gasteiger partial charge in [0.25, 0.3) is 0 Å². The number of urea groups is 1. The number of aromatic nitrogens is 2. The summed E-state index contributed by atoms with van der Waals surface area (Å²) in [4.78, 5) is 19.6. The Labute approximate surface area is 157 Å². The first kappa shape index (κ1) is 19.6. The number of anilines is 2. The van der Waals surface area contributed by atoms with Crippen LogP contribution < -0.4 is 10.6 Å². The number of carbonyl (C=O) groups is 1. The second-order valence-electron chi connectivity index (χ2n) is 5.82. The van der Waals surface area contributed by atoms with Crippen molar-refractivity contribution in [3.05, 3.63) is 53.9 Å². The molecule has 0 aliphatic rings. The minimum atomic E-state index is -4.50. The van der Waals surface area contributed by atoms with Gasteiger partial charge in [-0.25, -0.2) is 9.78 Å². The smallest absolute Gasteiger partial charge is 0.394 e. The third kappa shape index (κ3) is 4.78. The van der Waals surface area contributed by atoms with E-state index in [4.69, 9.17) is 9.84 Å². The van der Waals surface area contributed by atoms with Crippen LogP contribution in [0.2, 0.25) is 0 Å². The van der Waals surface area contributed by atoms with Crippen LogP contribution in [0, 0.1) is 0 Å². The van der Waals surface area contributed by atoms with Crippen molar-refractivity contribution in [1.82, 2.24) is 9.97 Å². The fourth-order valence-corrected chi connectivity index (χ4v) is 2.54. The highest BCUT2D eigenvalue weighted by Gasteiger charge is 2.30. The molecule has 2 aromatic carbocycles. The lowest BCUT2D eigenvalue weighted by Crippen LogP contribution is -2.20. The maximum absolute atomic E-state index is 12.8. The first-order valence-electron chi connectivity index (χ1n) is 8.28. The van der Waals surface area contributed by atoms with Gasteiger partial charge in [-0.1, -0.05) is 12.1 Å².